The van der Waals surface area contributed by atoms with Crippen molar-refractivity contribution in [3.8, 4) is 0 Å². The van der Waals surface area contributed by atoms with Crippen molar-refractivity contribution in [3.05, 3.63) is 16.0 Å². The molecule has 8 heteroatoms. The molecule has 14 heavy (non-hydrogen) atoms. The summed E-state index contributed by atoms with van der Waals surface area (Å²) in [5, 5.41) is -0.210. The monoisotopic (exact) mass is 238 g/mol. The molecule has 6 nitrogen and oxygen atoms in total. The average Bonchev–Trinajstić information content (AvgIpc) is 2.10. The number of nitrogen functional groups attached to an aromatic ring is 1. The maximum Gasteiger partial charge on any atom is 0.358 e. The smallest absolute Gasteiger partial charge is 0.358 e. The van der Waals surface area contributed by atoms with Crippen LogP contribution in [0, 0.1) is 0 Å². The highest BCUT2D eigenvalue weighted by Gasteiger charge is 2.16. The van der Waals surface area contributed by atoms with Gasteiger partial charge in [0.05, 0.1) is 7.11 Å². The SMILES string of the molecule is COC(=O)c1nc(Cl)nc(N)c1Cl.N. The lowest BCUT2D eigenvalue weighted by molar-refractivity contribution is 0.0594. The first-order chi connectivity index (χ1) is 6.06. The van der Waals surface area contributed by atoms with Gasteiger partial charge < -0.3 is 16.6 Å². The Morgan fingerprint density at radius 3 is 2.50 bits per heavy atom. The van der Waals surface area contributed by atoms with Crippen molar-refractivity contribution in [2.24, 2.45) is 0 Å². The average molecular weight is 239 g/mol. The molecular weight excluding hydrogens is 231 g/mol. The molecule has 0 radical (unpaired) electrons. The molecule has 5 N–H and O–H groups in total. The molecule has 0 atom stereocenters. The number of rotatable bonds is 1. The Morgan fingerprint density at radius 2 is 2.00 bits per heavy atom. The topological polar surface area (TPSA) is 113 Å². The third kappa shape index (κ3) is 2.44. The van der Waals surface area contributed by atoms with Crippen LogP contribution >= 0.6 is 23.2 Å². The van der Waals surface area contributed by atoms with Crippen LogP contribution in [0.15, 0.2) is 0 Å². The lowest BCUT2D eigenvalue weighted by Gasteiger charge is -2.02. The molecule has 0 aliphatic carbocycles. The first-order valence-corrected chi connectivity index (χ1v) is 3.88. The lowest BCUT2D eigenvalue weighted by Crippen LogP contribution is -2.08. The van der Waals surface area contributed by atoms with E-state index in [1.54, 1.807) is 0 Å². The van der Waals surface area contributed by atoms with Crippen LogP contribution < -0.4 is 11.9 Å². The Morgan fingerprint density at radius 1 is 1.43 bits per heavy atom. The number of halogens is 2. The summed E-state index contributed by atoms with van der Waals surface area (Å²) >= 11 is 11.1. The number of methoxy groups -OCH3 is 1. The number of nitrogens with two attached hydrogens (primary N) is 1. The summed E-state index contributed by atoms with van der Waals surface area (Å²) in [5.74, 6) is -0.761. The van der Waals surface area contributed by atoms with E-state index in [2.05, 4.69) is 14.7 Å². The molecule has 0 aliphatic heterocycles. The van der Waals surface area contributed by atoms with E-state index in [0.717, 1.165) is 0 Å². The predicted octanol–water partition coefficient (Wildman–Crippen LogP) is 1.31. The van der Waals surface area contributed by atoms with Crippen LogP contribution in [0.2, 0.25) is 10.3 Å². The number of nitrogens with zero attached hydrogens (tertiary/aromatic N) is 2. The first kappa shape index (κ1) is 12.9. The molecule has 78 valence electrons. The van der Waals surface area contributed by atoms with Crippen LogP contribution in [0.4, 0.5) is 5.82 Å². The zero-order valence-corrected chi connectivity index (χ0v) is 8.76. The maximum atomic E-state index is 11.0. The molecule has 1 rings (SSSR count). The summed E-state index contributed by atoms with van der Waals surface area (Å²) in [6.07, 6.45) is 0. The Kier molecular flexibility index (Phi) is 4.55. The molecular formula is C6H8Cl2N4O2. The van der Waals surface area contributed by atoms with Gasteiger partial charge in [-0.3, -0.25) is 0 Å². The quantitative estimate of drug-likeness (QED) is 0.564. The molecule has 0 bridgehead atoms. The van der Waals surface area contributed by atoms with Gasteiger partial charge in [-0.15, -0.1) is 0 Å². The van der Waals surface area contributed by atoms with E-state index in [4.69, 9.17) is 28.9 Å². The van der Waals surface area contributed by atoms with Gasteiger partial charge in [0, 0.05) is 0 Å². The van der Waals surface area contributed by atoms with Crippen molar-refractivity contribution in [3.63, 3.8) is 0 Å². The van der Waals surface area contributed by atoms with E-state index in [9.17, 15) is 4.79 Å². The standard InChI is InChI=1S/C6H5Cl2N3O2.H3N/c1-13-5(12)3-2(7)4(9)11-6(8)10-3;/h1H3,(H2,9,10,11);1H3. The number of carbonyl (C=O) groups excluding carboxylic acids is 1. The normalized spacial score (nSPS) is 9.07. The maximum absolute atomic E-state index is 11.0. The fourth-order valence-corrected chi connectivity index (χ4v) is 1.01. The zero-order chi connectivity index (χ0) is 10.0. The Balaban J connectivity index is 0.00000169. The molecule has 1 heterocycles. The van der Waals surface area contributed by atoms with Gasteiger partial charge in [0.1, 0.15) is 10.8 Å². The van der Waals surface area contributed by atoms with Gasteiger partial charge >= 0.3 is 5.97 Å². The highest BCUT2D eigenvalue weighted by atomic mass is 35.5. The van der Waals surface area contributed by atoms with Gasteiger partial charge in [-0.05, 0) is 11.6 Å². The van der Waals surface area contributed by atoms with Gasteiger partial charge in [-0.2, -0.15) is 4.98 Å². The molecule has 0 aromatic carbocycles. The van der Waals surface area contributed by atoms with Crippen LogP contribution in [0.1, 0.15) is 10.5 Å². The third-order valence-corrected chi connectivity index (χ3v) is 1.77. The fourth-order valence-electron chi connectivity index (χ4n) is 0.668. The summed E-state index contributed by atoms with van der Waals surface area (Å²) in [4.78, 5) is 18.1. The molecule has 0 unspecified atom stereocenters. The van der Waals surface area contributed by atoms with Gasteiger partial charge in [0.2, 0.25) is 5.28 Å². The van der Waals surface area contributed by atoms with Crippen molar-refractivity contribution in [1.29, 1.82) is 0 Å². The lowest BCUT2D eigenvalue weighted by atomic mass is 10.4. The highest BCUT2D eigenvalue weighted by molar-refractivity contribution is 6.36. The van der Waals surface area contributed by atoms with E-state index in [1.165, 1.54) is 7.11 Å². The summed E-state index contributed by atoms with van der Waals surface area (Å²) in [6.45, 7) is 0. The van der Waals surface area contributed by atoms with Crippen LogP contribution in [0.25, 0.3) is 0 Å². The number of carbonyl (C=O) groups is 1. The van der Waals surface area contributed by atoms with Crippen LogP contribution in [0.5, 0.6) is 0 Å². The zero-order valence-electron chi connectivity index (χ0n) is 7.25. The number of esters is 1. The van der Waals surface area contributed by atoms with E-state index in [0.29, 0.717) is 0 Å². The molecule has 0 saturated carbocycles. The van der Waals surface area contributed by atoms with Gasteiger partial charge in [-0.25, -0.2) is 9.78 Å². The minimum atomic E-state index is -0.707. The minimum Gasteiger partial charge on any atom is -0.464 e. The second kappa shape index (κ2) is 4.94. The number of hydrogen-bond acceptors (Lipinski definition) is 6. The van der Waals surface area contributed by atoms with Crippen molar-refractivity contribution in [2.75, 3.05) is 12.8 Å². The number of hydrogen-bond donors (Lipinski definition) is 2. The van der Waals surface area contributed by atoms with E-state index >= 15 is 0 Å². The molecule has 1 aromatic heterocycles. The summed E-state index contributed by atoms with van der Waals surface area (Å²) in [5.41, 5.74) is 5.20. The van der Waals surface area contributed by atoms with Crippen molar-refractivity contribution in [2.45, 2.75) is 0 Å². The summed E-state index contributed by atoms with van der Waals surface area (Å²) < 4.78 is 4.40. The molecule has 0 amide bonds. The second-order valence-corrected chi connectivity index (χ2v) is 2.75. The van der Waals surface area contributed by atoms with Crippen molar-refractivity contribution in [1.82, 2.24) is 16.1 Å². The highest BCUT2D eigenvalue weighted by Crippen LogP contribution is 2.22. The summed E-state index contributed by atoms with van der Waals surface area (Å²) in [7, 11) is 1.20. The van der Waals surface area contributed by atoms with Crippen molar-refractivity contribution < 1.29 is 9.53 Å². The molecule has 0 fully saturated rings. The third-order valence-electron chi connectivity index (χ3n) is 1.23. The molecule has 0 saturated heterocycles. The largest absolute Gasteiger partial charge is 0.464 e. The first-order valence-electron chi connectivity index (χ1n) is 3.13. The predicted molar refractivity (Wildman–Crippen MR) is 52.8 cm³/mol. The molecule has 0 spiro atoms. The van der Waals surface area contributed by atoms with E-state index < -0.39 is 5.97 Å². The van der Waals surface area contributed by atoms with Crippen LogP contribution in [0.3, 0.4) is 0 Å². The van der Waals surface area contributed by atoms with Crippen LogP contribution in [-0.2, 0) is 4.74 Å². The Labute approximate surface area is 90.0 Å². The summed E-state index contributed by atoms with van der Waals surface area (Å²) in [6, 6.07) is 0. The van der Waals surface area contributed by atoms with Gasteiger partial charge in [0.15, 0.2) is 5.69 Å². The van der Waals surface area contributed by atoms with Gasteiger partial charge in [-0.1, -0.05) is 11.6 Å². The number of aromatic nitrogens is 2. The van der Waals surface area contributed by atoms with Crippen LogP contribution in [-0.4, -0.2) is 23.0 Å². The Hall–Kier alpha value is -1.11. The number of ether oxygens (including phenoxy) is 1. The molecule has 1 aromatic rings. The Bertz CT molecular complexity index is 358. The van der Waals surface area contributed by atoms with Gasteiger partial charge in [0.25, 0.3) is 0 Å². The second-order valence-electron chi connectivity index (χ2n) is 2.03. The van der Waals surface area contributed by atoms with E-state index in [1.807, 2.05) is 0 Å². The fraction of sp³-hybridized carbons (Fsp3) is 0.167. The van der Waals surface area contributed by atoms with E-state index in [-0.39, 0.29) is 28.0 Å². The minimum absolute atomic E-state index is 0. The van der Waals surface area contributed by atoms with Crippen molar-refractivity contribution >= 4 is 35.0 Å². The molecule has 0 aliphatic rings. The number of anilines is 1.